The van der Waals surface area contributed by atoms with Gasteiger partial charge in [0, 0.05) is 56.3 Å². The summed E-state index contributed by atoms with van der Waals surface area (Å²) in [4.78, 5) is 30.1. The van der Waals surface area contributed by atoms with Gasteiger partial charge in [0.15, 0.2) is 0 Å². The molecule has 0 aliphatic carbocycles. The first-order valence-electron chi connectivity index (χ1n) is 10.3. The predicted octanol–water partition coefficient (Wildman–Crippen LogP) is 0.869. The van der Waals surface area contributed by atoms with Gasteiger partial charge in [0.1, 0.15) is 0 Å². The van der Waals surface area contributed by atoms with E-state index in [4.69, 9.17) is 0 Å². The Morgan fingerprint density at radius 2 is 1.87 bits per heavy atom. The van der Waals surface area contributed by atoms with Crippen LogP contribution in [0.25, 0.3) is 0 Å². The number of nitrogens with zero attached hydrogens (tertiary/aromatic N) is 3. The van der Waals surface area contributed by atoms with Gasteiger partial charge in [-0.15, -0.1) is 11.3 Å². The molecule has 2 fully saturated rings. The van der Waals surface area contributed by atoms with Gasteiger partial charge in [-0.3, -0.25) is 14.5 Å². The molecule has 2 saturated heterocycles. The summed E-state index contributed by atoms with van der Waals surface area (Å²) in [5.41, 5.74) is 0.356. The van der Waals surface area contributed by atoms with Gasteiger partial charge in [0.05, 0.1) is 11.4 Å². The van der Waals surface area contributed by atoms with E-state index < -0.39 is 10.0 Å². The molecule has 10 heteroatoms. The summed E-state index contributed by atoms with van der Waals surface area (Å²) < 4.78 is 27.0. The van der Waals surface area contributed by atoms with Crippen molar-refractivity contribution in [3.05, 3.63) is 52.2 Å². The minimum atomic E-state index is -3.82. The molecule has 2 amide bonds. The zero-order valence-corrected chi connectivity index (χ0v) is 18.8. The number of hydrogen-bond donors (Lipinski definition) is 1. The quantitative estimate of drug-likeness (QED) is 0.688. The van der Waals surface area contributed by atoms with Crippen molar-refractivity contribution in [1.82, 2.24) is 19.4 Å². The molecule has 1 aromatic carbocycles. The molecule has 31 heavy (non-hydrogen) atoms. The van der Waals surface area contributed by atoms with Crippen molar-refractivity contribution in [3.8, 4) is 0 Å². The normalized spacial score (nSPS) is 18.7. The molecular weight excluding hydrogens is 436 g/mol. The molecule has 2 aromatic rings. The maximum Gasteiger partial charge on any atom is 0.253 e. The van der Waals surface area contributed by atoms with Crippen LogP contribution in [0.2, 0.25) is 0 Å². The lowest BCUT2D eigenvalue weighted by molar-refractivity contribution is -0.122. The number of benzene rings is 1. The second-order valence-corrected chi connectivity index (χ2v) is 10.6. The van der Waals surface area contributed by atoms with E-state index in [-0.39, 0.29) is 36.3 Å². The van der Waals surface area contributed by atoms with E-state index >= 15 is 0 Å². The highest BCUT2D eigenvalue weighted by Crippen LogP contribution is 2.19. The lowest BCUT2D eigenvalue weighted by atomic mass is 10.2. The van der Waals surface area contributed by atoms with E-state index in [9.17, 15) is 18.0 Å². The maximum absolute atomic E-state index is 13.0. The van der Waals surface area contributed by atoms with Crippen molar-refractivity contribution in [2.75, 3.05) is 52.4 Å². The van der Waals surface area contributed by atoms with Gasteiger partial charge in [0.25, 0.3) is 5.91 Å². The van der Waals surface area contributed by atoms with Crippen LogP contribution in [0, 0.1) is 0 Å². The lowest BCUT2D eigenvalue weighted by Gasteiger charge is -2.34. The summed E-state index contributed by atoms with van der Waals surface area (Å²) in [6, 6.07) is 10.3. The minimum absolute atomic E-state index is 0.0441. The van der Waals surface area contributed by atoms with Crippen molar-refractivity contribution in [2.24, 2.45) is 0 Å². The Bertz CT molecular complexity index is 1030. The summed E-state index contributed by atoms with van der Waals surface area (Å²) in [6.07, 6.45) is 1.01. The molecule has 3 heterocycles. The van der Waals surface area contributed by atoms with Crippen LogP contribution in [0.15, 0.2) is 46.7 Å². The highest BCUT2D eigenvalue weighted by molar-refractivity contribution is 7.89. The van der Waals surface area contributed by atoms with Crippen molar-refractivity contribution in [2.45, 2.75) is 11.3 Å². The highest BCUT2D eigenvalue weighted by atomic mass is 32.2. The topological polar surface area (TPSA) is 90.0 Å². The molecule has 0 radical (unpaired) electrons. The van der Waals surface area contributed by atoms with Gasteiger partial charge >= 0.3 is 0 Å². The largest absolute Gasteiger partial charge is 0.354 e. The fraction of sp³-hybridized carbons (Fsp3) is 0.429. The first-order chi connectivity index (χ1) is 14.9. The third-order valence-corrected chi connectivity index (χ3v) is 8.41. The van der Waals surface area contributed by atoms with Gasteiger partial charge in [-0.25, -0.2) is 8.42 Å². The molecule has 1 N–H and O–H groups in total. The number of amides is 2. The molecule has 2 aliphatic rings. The Balaban J connectivity index is 1.38. The third kappa shape index (κ3) is 5.15. The fourth-order valence-electron chi connectivity index (χ4n) is 3.84. The van der Waals surface area contributed by atoms with Crippen LogP contribution >= 0.6 is 11.3 Å². The monoisotopic (exact) mass is 462 g/mol. The average molecular weight is 463 g/mol. The van der Waals surface area contributed by atoms with Crippen LogP contribution < -0.4 is 5.32 Å². The minimum Gasteiger partial charge on any atom is -0.354 e. The molecule has 0 unspecified atom stereocenters. The Morgan fingerprint density at radius 1 is 1.06 bits per heavy atom. The maximum atomic E-state index is 13.0. The molecule has 2 aliphatic heterocycles. The number of piperazine rings is 2. The van der Waals surface area contributed by atoms with Crippen LogP contribution in [-0.4, -0.2) is 86.7 Å². The van der Waals surface area contributed by atoms with Gasteiger partial charge in [-0.05, 0) is 36.1 Å². The molecule has 1 aromatic heterocycles. The first kappa shape index (κ1) is 21.9. The Kier molecular flexibility index (Phi) is 6.71. The van der Waals surface area contributed by atoms with E-state index in [1.54, 1.807) is 28.4 Å². The third-order valence-electron chi connectivity index (χ3n) is 5.64. The molecule has 0 spiro atoms. The summed E-state index contributed by atoms with van der Waals surface area (Å²) in [5.74, 6) is -0.481. The molecule has 8 nitrogen and oxygen atoms in total. The smallest absolute Gasteiger partial charge is 0.253 e. The zero-order chi connectivity index (χ0) is 21.8. The molecular formula is C21H26N4O4S2. The standard InChI is InChI=1S/C21H26N4O4S2/c26-20-16-25(9-7-22-20)31(28,29)19-5-1-3-17(15-19)21(27)24-12-10-23(11-13-24)8-6-18-4-2-14-30-18/h1-5,14-15H,6-13,16H2,(H,22,26). The first-order valence-corrected chi connectivity index (χ1v) is 12.7. The fourth-order valence-corrected chi connectivity index (χ4v) is 5.98. The van der Waals surface area contributed by atoms with Gasteiger partial charge in [0.2, 0.25) is 15.9 Å². The lowest BCUT2D eigenvalue weighted by Crippen LogP contribution is -2.50. The molecule has 0 saturated carbocycles. The summed E-state index contributed by atoms with van der Waals surface area (Å²) in [5, 5.41) is 4.70. The van der Waals surface area contributed by atoms with E-state index in [1.807, 2.05) is 0 Å². The Morgan fingerprint density at radius 3 is 2.58 bits per heavy atom. The molecule has 0 bridgehead atoms. The second-order valence-electron chi connectivity index (χ2n) is 7.68. The number of hydrogen-bond acceptors (Lipinski definition) is 6. The van der Waals surface area contributed by atoms with E-state index in [0.717, 1.165) is 30.4 Å². The predicted molar refractivity (Wildman–Crippen MR) is 119 cm³/mol. The zero-order valence-electron chi connectivity index (χ0n) is 17.2. The Labute approximate surface area is 186 Å². The SMILES string of the molecule is O=C1CN(S(=O)(=O)c2cccc(C(=O)N3CCN(CCc4cccs4)CC3)c2)CCN1. The van der Waals surface area contributed by atoms with Crippen molar-refractivity contribution < 1.29 is 18.0 Å². The number of thiophene rings is 1. The van der Waals surface area contributed by atoms with Crippen molar-refractivity contribution >= 4 is 33.2 Å². The number of carbonyl (C=O) groups is 2. The van der Waals surface area contributed by atoms with E-state index in [2.05, 4.69) is 27.7 Å². The van der Waals surface area contributed by atoms with Gasteiger partial charge < -0.3 is 10.2 Å². The van der Waals surface area contributed by atoms with Gasteiger partial charge in [-0.1, -0.05) is 12.1 Å². The van der Waals surface area contributed by atoms with Crippen molar-refractivity contribution in [3.63, 3.8) is 0 Å². The Hall–Kier alpha value is -2.27. The van der Waals surface area contributed by atoms with Crippen LogP contribution in [0.4, 0.5) is 0 Å². The van der Waals surface area contributed by atoms with Crippen LogP contribution in [0.5, 0.6) is 0 Å². The molecule has 166 valence electrons. The van der Waals surface area contributed by atoms with Crippen molar-refractivity contribution in [1.29, 1.82) is 0 Å². The van der Waals surface area contributed by atoms with E-state index in [1.165, 1.54) is 17.0 Å². The average Bonchev–Trinajstić information content (AvgIpc) is 3.31. The van der Waals surface area contributed by atoms with Gasteiger partial charge in [-0.2, -0.15) is 4.31 Å². The van der Waals surface area contributed by atoms with Crippen LogP contribution in [0.1, 0.15) is 15.2 Å². The molecule has 0 atom stereocenters. The highest BCUT2D eigenvalue weighted by Gasteiger charge is 2.30. The number of rotatable bonds is 6. The summed E-state index contributed by atoms with van der Waals surface area (Å²) in [6.45, 7) is 4.12. The summed E-state index contributed by atoms with van der Waals surface area (Å²) in [7, 11) is -3.82. The van der Waals surface area contributed by atoms with E-state index in [0.29, 0.717) is 18.7 Å². The second kappa shape index (κ2) is 9.47. The summed E-state index contributed by atoms with van der Waals surface area (Å²) >= 11 is 1.76. The number of carbonyl (C=O) groups excluding carboxylic acids is 2. The number of nitrogens with one attached hydrogen (secondary N) is 1. The molecule has 4 rings (SSSR count). The van der Waals surface area contributed by atoms with Crippen LogP contribution in [-0.2, 0) is 21.2 Å². The number of sulfonamides is 1. The van der Waals surface area contributed by atoms with Crippen LogP contribution in [0.3, 0.4) is 0 Å².